The van der Waals surface area contributed by atoms with Crippen LogP contribution in [-0.4, -0.2) is 23.2 Å². The van der Waals surface area contributed by atoms with Crippen LogP contribution < -0.4 is 0 Å². The Morgan fingerprint density at radius 1 is 0.793 bits per heavy atom. The van der Waals surface area contributed by atoms with Crippen LogP contribution in [0.15, 0.2) is 54.6 Å². The van der Waals surface area contributed by atoms with E-state index in [2.05, 4.69) is 0 Å². The summed E-state index contributed by atoms with van der Waals surface area (Å²) in [5, 5.41) is 19.7. The Kier molecular flexibility index (Phi) is 5.98. The number of phenolic OH excluding ortho intramolecular Hbond substituents is 2. The molecule has 0 heterocycles. The lowest BCUT2D eigenvalue weighted by atomic mass is 9.83. The van der Waals surface area contributed by atoms with E-state index in [1.807, 2.05) is 0 Å². The van der Waals surface area contributed by atoms with Gasteiger partial charge in [0.25, 0.3) is 10.1 Å². The summed E-state index contributed by atoms with van der Waals surface area (Å²) in [7, 11) is -5.05. The second-order valence-electron chi connectivity index (χ2n) is 6.09. The van der Waals surface area contributed by atoms with Crippen molar-refractivity contribution in [1.82, 2.24) is 0 Å². The van der Waals surface area contributed by atoms with Crippen LogP contribution in [0.25, 0.3) is 0 Å². The van der Waals surface area contributed by atoms with Crippen molar-refractivity contribution in [2.24, 2.45) is 0 Å². The van der Waals surface area contributed by atoms with Crippen molar-refractivity contribution in [2.45, 2.75) is 4.75 Å². The topological polar surface area (TPSA) is 94.8 Å². The molecule has 3 N–H and O–H groups in total. The molecule has 0 aromatic heterocycles. The van der Waals surface area contributed by atoms with E-state index in [-0.39, 0.29) is 31.8 Å². The zero-order chi connectivity index (χ0) is 21.6. The van der Waals surface area contributed by atoms with E-state index in [4.69, 9.17) is 46.4 Å². The van der Waals surface area contributed by atoms with Crippen molar-refractivity contribution in [3.8, 4) is 11.5 Å². The van der Waals surface area contributed by atoms with E-state index < -0.39 is 31.4 Å². The molecule has 0 radical (unpaired) electrons. The van der Waals surface area contributed by atoms with Crippen molar-refractivity contribution >= 4 is 56.5 Å². The second kappa shape index (κ2) is 7.87. The van der Waals surface area contributed by atoms with Gasteiger partial charge in [-0.1, -0.05) is 70.7 Å². The first-order chi connectivity index (χ1) is 13.5. The van der Waals surface area contributed by atoms with Crippen LogP contribution in [0.4, 0.5) is 0 Å². The normalized spacial score (nSPS) is 13.8. The molecule has 0 fully saturated rings. The van der Waals surface area contributed by atoms with E-state index >= 15 is 0 Å². The van der Waals surface area contributed by atoms with Gasteiger partial charge in [-0.3, -0.25) is 4.55 Å². The Morgan fingerprint density at radius 2 is 1.41 bits per heavy atom. The molecule has 1 unspecified atom stereocenters. The maximum Gasteiger partial charge on any atom is 0.283 e. The van der Waals surface area contributed by atoms with Crippen LogP contribution in [0.5, 0.6) is 11.5 Å². The standard InChI is InChI=1S/C19H12Cl4O5S/c20-11-3-1-2-10(8-11)19(29(26,27)28,13-5-4-12(21)9-15(13)22)14-6-7-16(24)18(25)17(14)23/h1-9,24-25H,(H,26,27,28). The van der Waals surface area contributed by atoms with Crippen molar-refractivity contribution < 1.29 is 23.2 Å². The highest BCUT2D eigenvalue weighted by Gasteiger charge is 2.51. The van der Waals surface area contributed by atoms with Gasteiger partial charge in [-0.2, -0.15) is 8.42 Å². The molecule has 3 aromatic rings. The first-order valence-corrected chi connectivity index (χ1v) is 10.8. The van der Waals surface area contributed by atoms with Crippen molar-refractivity contribution in [1.29, 1.82) is 0 Å². The first kappa shape index (κ1) is 22.0. The number of benzene rings is 3. The molecule has 0 spiro atoms. The number of phenols is 2. The van der Waals surface area contributed by atoms with E-state index in [0.29, 0.717) is 0 Å². The lowest BCUT2D eigenvalue weighted by Gasteiger charge is -2.34. The third-order valence-corrected chi connectivity index (χ3v) is 7.02. The Balaban J connectivity index is 2.61. The molecular formula is C19H12Cl4O5S. The monoisotopic (exact) mass is 492 g/mol. The smallest absolute Gasteiger partial charge is 0.283 e. The minimum Gasteiger partial charge on any atom is -0.504 e. The molecule has 0 saturated heterocycles. The van der Waals surface area contributed by atoms with Crippen LogP contribution >= 0.6 is 46.4 Å². The number of halogens is 4. The molecule has 3 aromatic carbocycles. The maximum atomic E-state index is 13.0. The van der Waals surface area contributed by atoms with Gasteiger partial charge < -0.3 is 10.2 Å². The molecule has 152 valence electrons. The molecule has 0 aliphatic rings. The summed E-state index contributed by atoms with van der Waals surface area (Å²) in [6, 6.07) is 11.9. The average Bonchev–Trinajstić information content (AvgIpc) is 2.62. The third kappa shape index (κ3) is 3.65. The van der Waals surface area contributed by atoms with E-state index in [1.54, 1.807) is 0 Å². The minimum absolute atomic E-state index is 0.00344. The predicted octanol–water partition coefficient (Wildman–Crippen LogP) is 5.89. The van der Waals surface area contributed by atoms with E-state index in [9.17, 15) is 23.2 Å². The molecule has 0 amide bonds. The molecule has 0 saturated carbocycles. The molecular weight excluding hydrogens is 482 g/mol. The molecule has 10 heteroatoms. The van der Waals surface area contributed by atoms with Gasteiger partial charge in [-0.25, -0.2) is 0 Å². The number of rotatable bonds is 4. The van der Waals surface area contributed by atoms with E-state index in [0.717, 1.165) is 12.1 Å². The second-order valence-corrected chi connectivity index (χ2v) is 9.31. The highest BCUT2D eigenvalue weighted by molar-refractivity contribution is 7.87. The molecule has 1 atom stereocenters. The quantitative estimate of drug-likeness (QED) is 0.239. The maximum absolute atomic E-state index is 13.0. The molecule has 0 bridgehead atoms. The SMILES string of the molecule is O=S(=O)(O)C(c1cccc(Cl)c1)(c1ccc(Cl)cc1Cl)c1ccc(O)c(O)c1Cl. The van der Waals surface area contributed by atoms with Crippen molar-refractivity contribution in [2.75, 3.05) is 0 Å². The molecule has 0 aliphatic carbocycles. The van der Waals surface area contributed by atoms with Crippen LogP contribution in [0.2, 0.25) is 20.1 Å². The number of hydrogen-bond acceptors (Lipinski definition) is 4. The van der Waals surface area contributed by atoms with Crippen molar-refractivity contribution in [3.05, 3.63) is 91.4 Å². The summed E-state index contributed by atoms with van der Waals surface area (Å²) in [5.41, 5.74) is -0.326. The summed E-state index contributed by atoms with van der Waals surface area (Å²) in [4.78, 5) is 0. The van der Waals surface area contributed by atoms with Gasteiger partial charge >= 0.3 is 0 Å². The third-order valence-electron chi connectivity index (χ3n) is 4.40. The van der Waals surface area contributed by atoms with Gasteiger partial charge in [0.2, 0.25) is 0 Å². The average molecular weight is 494 g/mol. The van der Waals surface area contributed by atoms with Gasteiger partial charge in [-0.15, -0.1) is 0 Å². The number of aromatic hydroxyl groups is 2. The molecule has 0 aliphatic heterocycles. The summed E-state index contributed by atoms with van der Waals surface area (Å²) < 4.78 is 34.0. The highest BCUT2D eigenvalue weighted by atomic mass is 35.5. The highest BCUT2D eigenvalue weighted by Crippen LogP contribution is 2.51. The number of hydrogen-bond donors (Lipinski definition) is 3. The van der Waals surface area contributed by atoms with Gasteiger partial charge in [0.1, 0.15) is 0 Å². The van der Waals surface area contributed by atoms with Crippen molar-refractivity contribution in [3.63, 3.8) is 0 Å². The van der Waals surface area contributed by atoms with Crippen LogP contribution in [0.1, 0.15) is 16.7 Å². The Hall–Kier alpha value is -1.67. The summed E-state index contributed by atoms with van der Waals surface area (Å²) in [6.45, 7) is 0. The summed E-state index contributed by atoms with van der Waals surface area (Å²) in [5.74, 6) is -1.33. The fourth-order valence-corrected chi connectivity index (χ4v) is 5.67. The predicted molar refractivity (Wildman–Crippen MR) is 114 cm³/mol. The lowest BCUT2D eigenvalue weighted by molar-refractivity contribution is 0.402. The molecule has 29 heavy (non-hydrogen) atoms. The van der Waals surface area contributed by atoms with Crippen LogP contribution in [-0.2, 0) is 14.9 Å². The molecule has 3 rings (SSSR count). The minimum atomic E-state index is -5.05. The largest absolute Gasteiger partial charge is 0.504 e. The lowest BCUT2D eigenvalue weighted by Crippen LogP contribution is -2.38. The van der Waals surface area contributed by atoms with Gasteiger partial charge in [0.15, 0.2) is 16.2 Å². The Bertz CT molecular complexity index is 1210. The van der Waals surface area contributed by atoms with E-state index in [1.165, 1.54) is 42.5 Å². The zero-order valence-electron chi connectivity index (χ0n) is 14.3. The fraction of sp³-hybridized carbons (Fsp3) is 0.0526. The first-order valence-electron chi connectivity index (χ1n) is 7.89. The fourth-order valence-electron chi connectivity index (χ4n) is 3.19. The Labute approximate surface area is 186 Å². The molecule has 5 nitrogen and oxygen atoms in total. The van der Waals surface area contributed by atoms with Gasteiger partial charge in [-0.05, 0) is 35.9 Å². The summed E-state index contributed by atoms with van der Waals surface area (Å²) in [6.07, 6.45) is 0. The van der Waals surface area contributed by atoms with Gasteiger partial charge in [0.05, 0.1) is 5.02 Å². The Morgan fingerprint density at radius 3 is 2.00 bits per heavy atom. The van der Waals surface area contributed by atoms with Crippen LogP contribution in [0.3, 0.4) is 0 Å². The summed E-state index contributed by atoms with van der Waals surface area (Å²) >= 11 is 24.6. The van der Waals surface area contributed by atoms with Gasteiger partial charge in [0, 0.05) is 26.2 Å². The zero-order valence-corrected chi connectivity index (χ0v) is 18.1. The van der Waals surface area contributed by atoms with Crippen LogP contribution in [0, 0.1) is 0 Å².